The SMILES string of the molecule is Bc1cc(O)cc([N+](=O)[O-])c1. The highest BCUT2D eigenvalue weighted by molar-refractivity contribution is 6.32. The summed E-state index contributed by atoms with van der Waals surface area (Å²) in [4.78, 5) is 9.66. The van der Waals surface area contributed by atoms with Crippen LogP contribution in [0.25, 0.3) is 0 Å². The van der Waals surface area contributed by atoms with E-state index in [1.807, 2.05) is 0 Å². The average molecular weight is 151 g/mol. The largest absolute Gasteiger partial charge is 0.508 e. The fraction of sp³-hybridized carbons (Fsp3) is 0. The number of nitro groups is 1. The molecular weight excluding hydrogens is 145 g/mol. The van der Waals surface area contributed by atoms with Gasteiger partial charge in [-0.05, 0) is 6.07 Å². The van der Waals surface area contributed by atoms with Crippen LogP contribution in [-0.2, 0) is 0 Å². The molecule has 0 aliphatic carbocycles. The lowest BCUT2D eigenvalue weighted by molar-refractivity contribution is -0.384. The van der Waals surface area contributed by atoms with Crippen molar-refractivity contribution in [3.63, 3.8) is 0 Å². The van der Waals surface area contributed by atoms with Gasteiger partial charge in [0.1, 0.15) is 13.6 Å². The summed E-state index contributed by atoms with van der Waals surface area (Å²) < 4.78 is 0. The number of non-ortho nitro benzene ring substituents is 1. The van der Waals surface area contributed by atoms with Crippen molar-refractivity contribution < 1.29 is 10.0 Å². The minimum Gasteiger partial charge on any atom is -0.508 e. The molecule has 1 aromatic rings. The summed E-state index contributed by atoms with van der Waals surface area (Å²) in [6.45, 7) is 0. The number of aromatic hydroxyl groups is 1. The number of phenols is 1. The number of hydrogen-bond acceptors (Lipinski definition) is 3. The van der Waals surface area contributed by atoms with Crippen LogP contribution in [0.3, 0.4) is 0 Å². The summed E-state index contributed by atoms with van der Waals surface area (Å²) in [6.07, 6.45) is 0. The van der Waals surface area contributed by atoms with E-state index in [2.05, 4.69) is 0 Å². The second kappa shape index (κ2) is 2.61. The smallest absolute Gasteiger partial charge is 0.272 e. The molecule has 1 aromatic carbocycles. The highest BCUT2D eigenvalue weighted by Crippen LogP contribution is 2.15. The van der Waals surface area contributed by atoms with Crippen LogP contribution < -0.4 is 5.46 Å². The minimum atomic E-state index is -0.535. The number of benzene rings is 1. The van der Waals surface area contributed by atoms with Crippen molar-refractivity contribution in [2.75, 3.05) is 0 Å². The molecular formula is C6H6BNO3. The quantitative estimate of drug-likeness (QED) is 0.336. The van der Waals surface area contributed by atoms with Gasteiger partial charge in [0.25, 0.3) is 5.69 Å². The lowest BCUT2D eigenvalue weighted by Crippen LogP contribution is -2.02. The molecule has 4 nitrogen and oxygen atoms in total. The maximum Gasteiger partial charge on any atom is 0.272 e. The Morgan fingerprint density at radius 1 is 1.45 bits per heavy atom. The third kappa shape index (κ3) is 1.70. The van der Waals surface area contributed by atoms with Crippen LogP contribution in [0.4, 0.5) is 5.69 Å². The first-order chi connectivity index (χ1) is 5.09. The van der Waals surface area contributed by atoms with E-state index in [1.54, 1.807) is 7.85 Å². The zero-order valence-electron chi connectivity index (χ0n) is 5.94. The molecule has 0 unspecified atom stereocenters. The van der Waals surface area contributed by atoms with E-state index in [1.165, 1.54) is 12.1 Å². The molecule has 0 atom stereocenters. The summed E-state index contributed by atoms with van der Waals surface area (Å²) in [5.41, 5.74) is 0.596. The van der Waals surface area contributed by atoms with Gasteiger partial charge in [-0.3, -0.25) is 10.1 Å². The Balaban J connectivity index is 3.19. The predicted molar refractivity (Wildman–Crippen MR) is 42.9 cm³/mol. The molecule has 11 heavy (non-hydrogen) atoms. The molecule has 0 aromatic heterocycles. The standard InChI is InChI=1S/C6H6BNO3/c7-4-1-5(8(10)11)3-6(9)2-4/h1-3,9H,7H2. The first-order valence-corrected chi connectivity index (χ1v) is 3.04. The normalized spacial score (nSPS) is 9.45. The molecule has 0 aliphatic heterocycles. The second-order valence-electron chi connectivity index (χ2n) is 2.28. The van der Waals surface area contributed by atoms with E-state index in [-0.39, 0.29) is 11.4 Å². The molecule has 1 N–H and O–H groups in total. The van der Waals surface area contributed by atoms with E-state index >= 15 is 0 Å². The van der Waals surface area contributed by atoms with Gasteiger partial charge in [0, 0.05) is 6.07 Å². The van der Waals surface area contributed by atoms with Gasteiger partial charge < -0.3 is 5.11 Å². The van der Waals surface area contributed by atoms with E-state index in [0.29, 0.717) is 5.46 Å². The van der Waals surface area contributed by atoms with Crippen molar-refractivity contribution in [2.24, 2.45) is 0 Å². The van der Waals surface area contributed by atoms with Crippen LogP contribution in [0.1, 0.15) is 0 Å². The fourth-order valence-electron chi connectivity index (χ4n) is 0.848. The van der Waals surface area contributed by atoms with Gasteiger partial charge in [0.2, 0.25) is 0 Å². The molecule has 0 amide bonds. The third-order valence-corrected chi connectivity index (χ3v) is 1.26. The molecule has 0 bridgehead atoms. The van der Waals surface area contributed by atoms with Gasteiger partial charge in [-0.2, -0.15) is 0 Å². The summed E-state index contributed by atoms with van der Waals surface area (Å²) in [5, 5.41) is 19.1. The van der Waals surface area contributed by atoms with Crippen molar-refractivity contribution in [1.29, 1.82) is 0 Å². The first kappa shape index (κ1) is 7.59. The van der Waals surface area contributed by atoms with Gasteiger partial charge >= 0.3 is 0 Å². The molecule has 0 heterocycles. The van der Waals surface area contributed by atoms with Gasteiger partial charge in [0.05, 0.1) is 11.0 Å². The highest BCUT2D eigenvalue weighted by Gasteiger charge is 2.06. The van der Waals surface area contributed by atoms with Crippen molar-refractivity contribution >= 4 is 19.0 Å². The highest BCUT2D eigenvalue weighted by atomic mass is 16.6. The van der Waals surface area contributed by atoms with Gasteiger partial charge in [0.15, 0.2) is 0 Å². The van der Waals surface area contributed by atoms with E-state index in [9.17, 15) is 10.1 Å². The first-order valence-electron chi connectivity index (χ1n) is 3.04. The Morgan fingerprint density at radius 2 is 2.09 bits per heavy atom. The number of nitrogens with zero attached hydrogens (tertiary/aromatic N) is 1. The molecule has 0 saturated carbocycles. The topological polar surface area (TPSA) is 63.4 Å². The zero-order chi connectivity index (χ0) is 8.43. The molecule has 0 saturated heterocycles. The van der Waals surface area contributed by atoms with Crippen molar-refractivity contribution in [3.8, 4) is 5.75 Å². The van der Waals surface area contributed by atoms with E-state index < -0.39 is 4.92 Å². The number of phenolic OH excluding ortho intramolecular Hbond substituents is 1. The molecule has 5 heteroatoms. The summed E-state index contributed by atoms with van der Waals surface area (Å²) in [5.74, 6) is -0.0725. The molecule has 0 spiro atoms. The number of hydrogen-bond donors (Lipinski definition) is 1. The van der Waals surface area contributed by atoms with Crippen LogP contribution in [-0.4, -0.2) is 17.9 Å². The summed E-state index contributed by atoms with van der Waals surface area (Å²) >= 11 is 0. The third-order valence-electron chi connectivity index (χ3n) is 1.26. The number of nitro benzene ring substituents is 1. The Morgan fingerprint density at radius 3 is 2.55 bits per heavy atom. The van der Waals surface area contributed by atoms with Crippen LogP contribution >= 0.6 is 0 Å². The fourth-order valence-corrected chi connectivity index (χ4v) is 0.848. The zero-order valence-corrected chi connectivity index (χ0v) is 5.94. The molecule has 0 fully saturated rings. The molecule has 0 radical (unpaired) electrons. The average Bonchev–Trinajstić information content (AvgIpc) is 1.85. The van der Waals surface area contributed by atoms with Gasteiger partial charge in [-0.25, -0.2) is 0 Å². The van der Waals surface area contributed by atoms with Crippen LogP contribution in [0, 0.1) is 10.1 Å². The number of rotatable bonds is 1. The second-order valence-corrected chi connectivity index (χ2v) is 2.28. The van der Waals surface area contributed by atoms with Crippen molar-refractivity contribution in [3.05, 3.63) is 28.3 Å². The van der Waals surface area contributed by atoms with Crippen LogP contribution in [0.2, 0.25) is 0 Å². The Kier molecular flexibility index (Phi) is 1.80. The van der Waals surface area contributed by atoms with E-state index in [0.717, 1.165) is 6.07 Å². The minimum absolute atomic E-state index is 0.0725. The van der Waals surface area contributed by atoms with Gasteiger partial charge in [-0.15, -0.1) is 0 Å². The lowest BCUT2D eigenvalue weighted by atomic mass is 9.96. The Hall–Kier alpha value is -1.52. The monoisotopic (exact) mass is 151 g/mol. The predicted octanol–water partition coefficient (Wildman–Crippen LogP) is -0.441. The summed E-state index contributed by atoms with van der Waals surface area (Å²) in [6, 6.07) is 3.99. The Bertz CT molecular complexity index is 280. The molecule has 0 aliphatic rings. The van der Waals surface area contributed by atoms with Crippen LogP contribution in [0.15, 0.2) is 18.2 Å². The molecule has 1 rings (SSSR count). The maximum absolute atomic E-state index is 10.2. The van der Waals surface area contributed by atoms with Gasteiger partial charge in [-0.1, -0.05) is 5.46 Å². The Labute approximate surface area is 64.0 Å². The maximum atomic E-state index is 10.2. The van der Waals surface area contributed by atoms with E-state index in [4.69, 9.17) is 5.11 Å². The van der Waals surface area contributed by atoms with Crippen molar-refractivity contribution in [2.45, 2.75) is 0 Å². The lowest BCUT2D eigenvalue weighted by Gasteiger charge is -1.94. The van der Waals surface area contributed by atoms with Crippen LogP contribution in [0.5, 0.6) is 5.75 Å². The summed E-state index contributed by atoms with van der Waals surface area (Å²) in [7, 11) is 1.69. The molecule has 56 valence electrons. The van der Waals surface area contributed by atoms with Crippen molar-refractivity contribution in [1.82, 2.24) is 0 Å².